The zero-order valence-electron chi connectivity index (χ0n) is 7.78. The van der Waals surface area contributed by atoms with Gasteiger partial charge in [-0.3, -0.25) is 0 Å². The number of rotatable bonds is 2. The van der Waals surface area contributed by atoms with Crippen LogP contribution in [0.3, 0.4) is 0 Å². The summed E-state index contributed by atoms with van der Waals surface area (Å²) in [5, 5.41) is 9.62. The molecule has 3 nitrogen and oxygen atoms in total. The summed E-state index contributed by atoms with van der Waals surface area (Å²) in [6.07, 6.45) is 0. The van der Waals surface area contributed by atoms with Crippen LogP contribution in [0, 0.1) is 0 Å². The van der Waals surface area contributed by atoms with E-state index in [1.165, 1.54) is 0 Å². The van der Waals surface area contributed by atoms with E-state index >= 15 is 0 Å². The first-order valence-electron chi connectivity index (χ1n) is 4.24. The summed E-state index contributed by atoms with van der Waals surface area (Å²) in [4.78, 5) is 11.5. The van der Waals surface area contributed by atoms with Gasteiger partial charge in [0.25, 0.3) is 0 Å². The van der Waals surface area contributed by atoms with Crippen LogP contribution < -0.4 is 0 Å². The van der Waals surface area contributed by atoms with Crippen molar-refractivity contribution >= 4 is 40.7 Å². The SMILES string of the molecule is O=C(O)c1c(Cl)nsc1-c1ccc(Cl)cc1. The van der Waals surface area contributed by atoms with E-state index in [-0.39, 0.29) is 10.7 Å². The Labute approximate surface area is 105 Å². The van der Waals surface area contributed by atoms with Crippen molar-refractivity contribution in [1.82, 2.24) is 4.37 Å². The van der Waals surface area contributed by atoms with Crippen LogP contribution in [0.4, 0.5) is 0 Å². The second-order valence-corrected chi connectivity index (χ2v) is 4.56. The number of carboxylic acids is 1. The molecule has 0 aliphatic rings. The first-order chi connectivity index (χ1) is 7.59. The van der Waals surface area contributed by atoms with Crippen LogP contribution in [0.5, 0.6) is 0 Å². The summed E-state index contributed by atoms with van der Waals surface area (Å²) >= 11 is 12.5. The van der Waals surface area contributed by atoms with Crippen molar-refractivity contribution in [2.75, 3.05) is 0 Å². The predicted molar refractivity (Wildman–Crippen MR) is 64.5 cm³/mol. The molecule has 0 fully saturated rings. The number of nitrogens with zero attached hydrogens (tertiary/aromatic N) is 1. The van der Waals surface area contributed by atoms with Crippen LogP contribution in [-0.4, -0.2) is 15.4 Å². The van der Waals surface area contributed by atoms with E-state index in [0.29, 0.717) is 9.90 Å². The number of halogens is 2. The summed E-state index contributed by atoms with van der Waals surface area (Å²) in [7, 11) is 0. The zero-order valence-corrected chi connectivity index (χ0v) is 10.1. The van der Waals surface area contributed by atoms with Crippen LogP contribution in [-0.2, 0) is 0 Å². The normalized spacial score (nSPS) is 10.4. The summed E-state index contributed by atoms with van der Waals surface area (Å²) in [6, 6.07) is 6.85. The molecular weight excluding hydrogens is 269 g/mol. The summed E-state index contributed by atoms with van der Waals surface area (Å²) < 4.78 is 3.83. The van der Waals surface area contributed by atoms with Crippen molar-refractivity contribution in [1.29, 1.82) is 0 Å². The van der Waals surface area contributed by atoms with Crippen molar-refractivity contribution < 1.29 is 9.90 Å². The third-order valence-corrected chi connectivity index (χ3v) is 3.49. The average molecular weight is 274 g/mol. The summed E-state index contributed by atoms with van der Waals surface area (Å²) in [5.74, 6) is -1.08. The van der Waals surface area contributed by atoms with Crippen molar-refractivity contribution in [3.8, 4) is 10.4 Å². The number of benzene rings is 1. The van der Waals surface area contributed by atoms with Gasteiger partial charge >= 0.3 is 5.97 Å². The maximum atomic E-state index is 11.0. The summed E-state index contributed by atoms with van der Waals surface area (Å²) in [6.45, 7) is 0. The molecule has 1 heterocycles. The van der Waals surface area contributed by atoms with Crippen LogP contribution in [0.1, 0.15) is 10.4 Å². The molecule has 0 radical (unpaired) electrons. The zero-order chi connectivity index (χ0) is 11.7. The summed E-state index contributed by atoms with van der Waals surface area (Å²) in [5.41, 5.74) is 0.778. The molecule has 1 N–H and O–H groups in total. The van der Waals surface area contributed by atoms with Crippen LogP contribution in [0.15, 0.2) is 24.3 Å². The van der Waals surface area contributed by atoms with Crippen LogP contribution >= 0.6 is 34.7 Å². The smallest absolute Gasteiger partial charge is 0.340 e. The third-order valence-electron chi connectivity index (χ3n) is 1.97. The molecule has 1 aromatic heterocycles. The van der Waals surface area contributed by atoms with Gasteiger partial charge in [0.1, 0.15) is 5.56 Å². The maximum Gasteiger partial charge on any atom is 0.340 e. The van der Waals surface area contributed by atoms with Gasteiger partial charge in [0.15, 0.2) is 5.15 Å². The van der Waals surface area contributed by atoms with Gasteiger partial charge in [-0.25, -0.2) is 4.79 Å². The predicted octanol–water partition coefficient (Wildman–Crippen LogP) is 3.82. The molecule has 0 aliphatic heterocycles. The van der Waals surface area contributed by atoms with E-state index < -0.39 is 5.97 Å². The van der Waals surface area contributed by atoms with E-state index in [0.717, 1.165) is 17.1 Å². The highest BCUT2D eigenvalue weighted by molar-refractivity contribution is 7.10. The minimum atomic E-state index is -1.08. The molecule has 0 amide bonds. The lowest BCUT2D eigenvalue weighted by atomic mass is 10.1. The largest absolute Gasteiger partial charge is 0.478 e. The molecule has 0 atom stereocenters. The Morgan fingerprint density at radius 2 is 1.88 bits per heavy atom. The Hall–Kier alpha value is -1.10. The number of carbonyl (C=O) groups is 1. The van der Waals surface area contributed by atoms with E-state index in [1.54, 1.807) is 24.3 Å². The fourth-order valence-electron chi connectivity index (χ4n) is 1.25. The quantitative estimate of drug-likeness (QED) is 0.905. The second-order valence-electron chi connectivity index (χ2n) is 2.99. The molecule has 2 rings (SSSR count). The van der Waals surface area contributed by atoms with E-state index in [1.807, 2.05) is 0 Å². The first-order valence-corrected chi connectivity index (χ1v) is 5.77. The Morgan fingerprint density at radius 3 is 2.44 bits per heavy atom. The van der Waals surface area contributed by atoms with Crippen molar-refractivity contribution in [2.24, 2.45) is 0 Å². The van der Waals surface area contributed by atoms with Gasteiger partial charge in [0.2, 0.25) is 0 Å². The molecule has 0 spiro atoms. The Balaban J connectivity index is 2.56. The number of aromatic nitrogens is 1. The van der Waals surface area contributed by atoms with Gasteiger partial charge in [0.05, 0.1) is 4.88 Å². The Bertz CT molecular complexity index is 536. The highest BCUT2D eigenvalue weighted by Crippen LogP contribution is 2.33. The van der Waals surface area contributed by atoms with Gasteiger partial charge in [-0.05, 0) is 29.2 Å². The molecule has 0 aliphatic carbocycles. The lowest BCUT2D eigenvalue weighted by molar-refractivity contribution is 0.0698. The number of carboxylic acid groups (broad SMARTS) is 1. The minimum absolute atomic E-state index is 0.0162. The van der Waals surface area contributed by atoms with Crippen molar-refractivity contribution in [2.45, 2.75) is 0 Å². The average Bonchev–Trinajstić information content (AvgIpc) is 2.61. The number of aromatic carboxylic acids is 1. The molecule has 0 saturated carbocycles. The fourth-order valence-corrected chi connectivity index (χ4v) is 2.49. The van der Waals surface area contributed by atoms with Crippen molar-refractivity contribution in [3.05, 3.63) is 40.0 Å². The van der Waals surface area contributed by atoms with Gasteiger partial charge in [-0.1, -0.05) is 35.3 Å². The van der Waals surface area contributed by atoms with E-state index in [4.69, 9.17) is 28.3 Å². The lowest BCUT2D eigenvalue weighted by Crippen LogP contribution is -1.96. The van der Waals surface area contributed by atoms with E-state index in [2.05, 4.69) is 4.37 Å². The van der Waals surface area contributed by atoms with Gasteiger partial charge in [-0.15, -0.1) is 0 Å². The molecule has 0 bridgehead atoms. The first kappa shape index (κ1) is 11.4. The van der Waals surface area contributed by atoms with Crippen molar-refractivity contribution in [3.63, 3.8) is 0 Å². The molecule has 1 aromatic carbocycles. The molecular formula is C10H5Cl2NO2S. The minimum Gasteiger partial charge on any atom is -0.478 e. The molecule has 2 aromatic rings. The monoisotopic (exact) mass is 273 g/mol. The topological polar surface area (TPSA) is 50.2 Å². The molecule has 82 valence electrons. The van der Waals surface area contributed by atoms with Gasteiger partial charge in [-0.2, -0.15) is 4.37 Å². The molecule has 16 heavy (non-hydrogen) atoms. The van der Waals surface area contributed by atoms with Gasteiger partial charge in [0, 0.05) is 5.02 Å². The van der Waals surface area contributed by atoms with Crippen LogP contribution in [0.2, 0.25) is 10.2 Å². The number of hydrogen-bond acceptors (Lipinski definition) is 3. The maximum absolute atomic E-state index is 11.0. The molecule has 0 saturated heterocycles. The Kier molecular flexibility index (Phi) is 3.14. The highest BCUT2D eigenvalue weighted by Gasteiger charge is 2.19. The lowest BCUT2D eigenvalue weighted by Gasteiger charge is -1.99. The number of hydrogen-bond donors (Lipinski definition) is 1. The van der Waals surface area contributed by atoms with Crippen LogP contribution in [0.25, 0.3) is 10.4 Å². The van der Waals surface area contributed by atoms with E-state index in [9.17, 15) is 4.79 Å². The fraction of sp³-hybridized carbons (Fsp3) is 0. The second kappa shape index (κ2) is 4.41. The molecule has 0 unspecified atom stereocenters. The highest BCUT2D eigenvalue weighted by atomic mass is 35.5. The Morgan fingerprint density at radius 1 is 1.25 bits per heavy atom. The van der Waals surface area contributed by atoms with Gasteiger partial charge < -0.3 is 5.11 Å². The molecule has 6 heteroatoms. The standard InChI is InChI=1S/C10H5Cl2NO2S/c11-6-3-1-5(2-4-6)8-7(10(14)15)9(12)13-16-8/h1-4H,(H,14,15). The third kappa shape index (κ3) is 2.04.